The number of carbonyl (C=O) groups is 2. The summed E-state index contributed by atoms with van der Waals surface area (Å²) < 4.78 is 13.0. The molecule has 0 aromatic heterocycles. The van der Waals surface area contributed by atoms with Crippen molar-refractivity contribution in [2.45, 2.75) is 56.4 Å². The Balaban J connectivity index is 1.38. The van der Waals surface area contributed by atoms with Gasteiger partial charge in [-0.1, -0.05) is 25.0 Å². The second-order valence-electron chi connectivity index (χ2n) is 7.93. The van der Waals surface area contributed by atoms with Crippen molar-refractivity contribution in [2.24, 2.45) is 11.8 Å². The lowest BCUT2D eigenvalue weighted by Crippen LogP contribution is -2.57. The Kier molecular flexibility index (Phi) is 4.26. The first kappa shape index (κ1) is 16.6. The predicted molar refractivity (Wildman–Crippen MR) is 92.3 cm³/mol. The van der Waals surface area contributed by atoms with E-state index < -0.39 is 5.54 Å². The normalized spacial score (nSPS) is 26.9. The monoisotopic (exact) mass is 344 g/mol. The van der Waals surface area contributed by atoms with E-state index in [2.05, 4.69) is 10.6 Å². The third-order valence-corrected chi connectivity index (χ3v) is 5.93. The van der Waals surface area contributed by atoms with E-state index in [0.29, 0.717) is 5.92 Å². The van der Waals surface area contributed by atoms with Gasteiger partial charge in [0.25, 0.3) is 0 Å². The Morgan fingerprint density at radius 1 is 1.12 bits per heavy atom. The molecule has 3 fully saturated rings. The van der Waals surface area contributed by atoms with Gasteiger partial charge in [0.15, 0.2) is 0 Å². The maximum absolute atomic E-state index is 13.0. The molecule has 0 spiro atoms. The van der Waals surface area contributed by atoms with Crippen LogP contribution in [-0.2, 0) is 9.59 Å². The SMILES string of the molecule is O=C(NC1(C(=O)NCC2CC2)CCCC1)[C@@H]1C[C@H]1c1ccc(F)cc1. The van der Waals surface area contributed by atoms with E-state index >= 15 is 0 Å². The lowest BCUT2D eigenvalue weighted by atomic mass is 9.95. The molecule has 1 aromatic carbocycles. The first-order valence-electron chi connectivity index (χ1n) is 9.43. The highest BCUT2D eigenvalue weighted by Gasteiger charge is 2.49. The van der Waals surface area contributed by atoms with Crippen LogP contribution in [0.15, 0.2) is 24.3 Å². The molecule has 3 aliphatic rings. The van der Waals surface area contributed by atoms with Gasteiger partial charge in [-0.05, 0) is 61.6 Å². The van der Waals surface area contributed by atoms with Crippen LogP contribution in [0, 0.1) is 17.7 Å². The smallest absolute Gasteiger partial charge is 0.245 e. The summed E-state index contributed by atoms with van der Waals surface area (Å²) in [5, 5.41) is 6.13. The fraction of sp³-hybridized carbons (Fsp3) is 0.600. The van der Waals surface area contributed by atoms with Crippen molar-refractivity contribution in [3.63, 3.8) is 0 Å². The van der Waals surface area contributed by atoms with Crippen molar-refractivity contribution >= 4 is 11.8 Å². The van der Waals surface area contributed by atoms with Crippen LogP contribution in [0.3, 0.4) is 0 Å². The largest absolute Gasteiger partial charge is 0.354 e. The molecule has 2 atom stereocenters. The molecule has 3 aliphatic carbocycles. The molecule has 0 unspecified atom stereocenters. The average molecular weight is 344 g/mol. The highest BCUT2D eigenvalue weighted by Crippen LogP contribution is 2.48. The molecule has 0 radical (unpaired) electrons. The van der Waals surface area contributed by atoms with Gasteiger partial charge in [-0.25, -0.2) is 4.39 Å². The maximum atomic E-state index is 13.0. The van der Waals surface area contributed by atoms with E-state index in [4.69, 9.17) is 0 Å². The van der Waals surface area contributed by atoms with Gasteiger partial charge in [-0.2, -0.15) is 0 Å². The Labute approximate surface area is 147 Å². The number of halogens is 1. The summed E-state index contributed by atoms with van der Waals surface area (Å²) >= 11 is 0. The fourth-order valence-corrected chi connectivity index (χ4v) is 4.01. The fourth-order valence-electron chi connectivity index (χ4n) is 4.01. The van der Waals surface area contributed by atoms with Crippen LogP contribution in [-0.4, -0.2) is 23.9 Å². The second kappa shape index (κ2) is 6.43. The van der Waals surface area contributed by atoms with E-state index in [1.54, 1.807) is 12.1 Å². The minimum Gasteiger partial charge on any atom is -0.354 e. The van der Waals surface area contributed by atoms with Crippen LogP contribution >= 0.6 is 0 Å². The molecule has 134 valence electrons. The van der Waals surface area contributed by atoms with Crippen LogP contribution in [0.5, 0.6) is 0 Å². The molecule has 0 saturated heterocycles. The number of hydrogen-bond donors (Lipinski definition) is 2. The molecule has 1 aromatic rings. The molecular formula is C20H25FN2O2. The molecular weight excluding hydrogens is 319 g/mol. The van der Waals surface area contributed by atoms with Crippen molar-refractivity contribution < 1.29 is 14.0 Å². The number of benzene rings is 1. The molecule has 5 heteroatoms. The summed E-state index contributed by atoms with van der Waals surface area (Å²) in [6.07, 6.45) is 6.57. The molecule has 4 nitrogen and oxygen atoms in total. The summed E-state index contributed by atoms with van der Waals surface area (Å²) in [6, 6.07) is 6.38. The third-order valence-electron chi connectivity index (χ3n) is 5.93. The molecule has 25 heavy (non-hydrogen) atoms. The van der Waals surface area contributed by atoms with Gasteiger partial charge in [0.2, 0.25) is 11.8 Å². The molecule has 0 bridgehead atoms. The summed E-state index contributed by atoms with van der Waals surface area (Å²) in [7, 11) is 0. The van der Waals surface area contributed by atoms with Crippen molar-refractivity contribution in [3.8, 4) is 0 Å². The van der Waals surface area contributed by atoms with E-state index in [0.717, 1.165) is 44.2 Å². The predicted octanol–water partition coefficient (Wildman–Crippen LogP) is 2.88. The molecule has 2 N–H and O–H groups in total. The summed E-state index contributed by atoms with van der Waals surface area (Å²) in [6.45, 7) is 0.734. The van der Waals surface area contributed by atoms with E-state index in [9.17, 15) is 14.0 Å². The van der Waals surface area contributed by atoms with Crippen LogP contribution < -0.4 is 10.6 Å². The standard InChI is InChI=1S/C20H25FN2O2/c21-15-7-5-14(6-8-15)16-11-17(16)18(24)23-20(9-1-2-10-20)19(25)22-12-13-3-4-13/h5-8,13,16-17H,1-4,9-12H2,(H,22,25)(H,23,24)/t16-,17+/m0/s1. The van der Waals surface area contributed by atoms with Gasteiger partial charge in [0, 0.05) is 12.5 Å². The lowest BCUT2D eigenvalue weighted by molar-refractivity contribution is -0.134. The number of hydrogen-bond acceptors (Lipinski definition) is 2. The van der Waals surface area contributed by atoms with Gasteiger partial charge in [-0.15, -0.1) is 0 Å². The number of nitrogens with one attached hydrogen (secondary N) is 2. The minimum absolute atomic E-state index is 0.00997. The van der Waals surface area contributed by atoms with Gasteiger partial charge >= 0.3 is 0 Å². The van der Waals surface area contributed by atoms with Crippen LogP contribution in [0.4, 0.5) is 4.39 Å². The van der Waals surface area contributed by atoms with Gasteiger partial charge in [-0.3, -0.25) is 9.59 Å². The summed E-state index contributed by atoms with van der Waals surface area (Å²) in [4.78, 5) is 25.4. The second-order valence-corrected chi connectivity index (χ2v) is 7.93. The zero-order valence-corrected chi connectivity index (χ0v) is 14.4. The van der Waals surface area contributed by atoms with Crippen molar-refractivity contribution in [1.82, 2.24) is 10.6 Å². The highest BCUT2D eigenvalue weighted by atomic mass is 19.1. The Morgan fingerprint density at radius 2 is 1.80 bits per heavy atom. The van der Waals surface area contributed by atoms with Crippen molar-refractivity contribution in [1.29, 1.82) is 0 Å². The topological polar surface area (TPSA) is 58.2 Å². The Morgan fingerprint density at radius 3 is 2.44 bits per heavy atom. The number of carbonyl (C=O) groups excluding carboxylic acids is 2. The van der Waals surface area contributed by atoms with E-state index in [1.165, 1.54) is 25.0 Å². The Bertz CT molecular complexity index is 663. The molecule has 3 saturated carbocycles. The zero-order chi connectivity index (χ0) is 17.4. The van der Waals surface area contributed by atoms with E-state index in [1.807, 2.05) is 0 Å². The van der Waals surface area contributed by atoms with Gasteiger partial charge < -0.3 is 10.6 Å². The van der Waals surface area contributed by atoms with Crippen molar-refractivity contribution in [2.75, 3.05) is 6.54 Å². The Hall–Kier alpha value is -1.91. The summed E-state index contributed by atoms with van der Waals surface area (Å²) in [5.41, 5.74) is 0.280. The minimum atomic E-state index is -0.720. The third kappa shape index (κ3) is 3.55. The highest BCUT2D eigenvalue weighted by molar-refractivity contribution is 5.93. The zero-order valence-electron chi connectivity index (χ0n) is 14.4. The van der Waals surface area contributed by atoms with Crippen LogP contribution in [0.25, 0.3) is 0 Å². The molecule has 2 amide bonds. The molecule has 0 heterocycles. The maximum Gasteiger partial charge on any atom is 0.245 e. The number of amides is 2. The molecule has 0 aliphatic heterocycles. The quantitative estimate of drug-likeness (QED) is 0.834. The number of rotatable bonds is 6. The first-order valence-corrected chi connectivity index (χ1v) is 9.43. The van der Waals surface area contributed by atoms with Crippen LogP contribution in [0.1, 0.15) is 56.4 Å². The summed E-state index contributed by atoms with van der Waals surface area (Å²) in [5.74, 6) is 0.377. The van der Waals surface area contributed by atoms with E-state index in [-0.39, 0.29) is 29.5 Å². The lowest BCUT2D eigenvalue weighted by Gasteiger charge is -2.29. The van der Waals surface area contributed by atoms with Gasteiger partial charge in [0.1, 0.15) is 11.4 Å². The average Bonchev–Trinajstić information content (AvgIpc) is 3.52. The first-order chi connectivity index (χ1) is 12.1. The molecule has 4 rings (SSSR count). The van der Waals surface area contributed by atoms with Crippen LogP contribution in [0.2, 0.25) is 0 Å². The van der Waals surface area contributed by atoms with Gasteiger partial charge in [0.05, 0.1) is 0 Å². The van der Waals surface area contributed by atoms with Crippen molar-refractivity contribution in [3.05, 3.63) is 35.6 Å².